The number of thiocarbonyl (C=S) groups is 1. The lowest BCUT2D eigenvalue weighted by Crippen LogP contribution is -2.48. The monoisotopic (exact) mass is 372 g/mol. The fraction of sp³-hybridized carbons (Fsp3) is 0.263. The first-order valence-corrected chi connectivity index (χ1v) is 9.28. The van der Waals surface area contributed by atoms with Gasteiger partial charge in [0, 0.05) is 5.70 Å². The summed E-state index contributed by atoms with van der Waals surface area (Å²) in [6.07, 6.45) is 0. The second-order valence-electron chi connectivity index (χ2n) is 6.06. The normalized spacial score (nSPS) is 17.5. The minimum Gasteiger partial charge on any atom is -0.466 e. The molecule has 0 saturated heterocycles. The number of ether oxygens (including phenoxy) is 1. The number of methoxy groups -OCH3 is 1. The lowest BCUT2D eigenvalue weighted by Gasteiger charge is -2.37. The van der Waals surface area contributed by atoms with Gasteiger partial charge in [-0.3, -0.25) is 4.90 Å². The number of carbonyl (C=O) groups excluding carboxylic acids is 1. The zero-order valence-electron chi connectivity index (χ0n) is 14.6. The number of allylic oxidation sites excluding steroid dienone is 1. The number of esters is 1. The average molecular weight is 373 g/mol. The molecule has 2 heterocycles. The Bertz CT molecular complexity index is 856. The first-order chi connectivity index (χ1) is 11.9. The van der Waals surface area contributed by atoms with Crippen molar-refractivity contribution in [1.29, 1.82) is 0 Å². The van der Waals surface area contributed by atoms with Crippen molar-refractivity contribution in [1.82, 2.24) is 5.32 Å². The number of hydrogen-bond acceptors (Lipinski definition) is 4. The quantitative estimate of drug-likeness (QED) is 0.644. The molecule has 0 radical (unpaired) electrons. The highest BCUT2D eigenvalue weighted by atomic mass is 32.1. The molecule has 0 bridgehead atoms. The first-order valence-electron chi connectivity index (χ1n) is 7.93. The van der Waals surface area contributed by atoms with Gasteiger partial charge in [-0.2, -0.15) is 11.3 Å². The van der Waals surface area contributed by atoms with E-state index in [2.05, 4.69) is 23.5 Å². The van der Waals surface area contributed by atoms with Gasteiger partial charge in [0.05, 0.1) is 24.4 Å². The number of aryl methyl sites for hydroxylation is 2. The highest BCUT2D eigenvalue weighted by molar-refractivity contribution is 7.80. The highest BCUT2D eigenvalue weighted by Gasteiger charge is 2.35. The zero-order chi connectivity index (χ0) is 18.1. The fourth-order valence-corrected chi connectivity index (χ4v) is 4.10. The second kappa shape index (κ2) is 6.98. The van der Waals surface area contributed by atoms with Gasteiger partial charge in [0.2, 0.25) is 0 Å². The Morgan fingerprint density at radius 3 is 2.68 bits per heavy atom. The van der Waals surface area contributed by atoms with Crippen molar-refractivity contribution < 1.29 is 9.53 Å². The molecule has 0 fully saturated rings. The van der Waals surface area contributed by atoms with E-state index in [1.54, 1.807) is 11.3 Å². The van der Waals surface area contributed by atoms with E-state index in [0.29, 0.717) is 10.7 Å². The fourth-order valence-electron chi connectivity index (χ4n) is 3.06. The number of benzene rings is 1. The summed E-state index contributed by atoms with van der Waals surface area (Å²) in [7, 11) is 1.41. The molecule has 2 aromatic rings. The van der Waals surface area contributed by atoms with Gasteiger partial charge in [0.15, 0.2) is 5.11 Å². The molecular weight excluding hydrogens is 352 g/mol. The second-order valence-corrected chi connectivity index (χ2v) is 7.22. The van der Waals surface area contributed by atoms with Crippen molar-refractivity contribution >= 4 is 40.3 Å². The number of hydrogen-bond donors (Lipinski definition) is 1. The average Bonchev–Trinajstić information content (AvgIpc) is 3.11. The Morgan fingerprint density at radius 1 is 1.28 bits per heavy atom. The van der Waals surface area contributed by atoms with Gasteiger partial charge in [-0.25, -0.2) is 4.79 Å². The lowest BCUT2D eigenvalue weighted by molar-refractivity contribution is -0.136. The van der Waals surface area contributed by atoms with E-state index in [-0.39, 0.29) is 12.0 Å². The molecule has 1 aromatic carbocycles. The van der Waals surface area contributed by atoms with Crippen LogP contribution in [0.4, 0.5) is 5.69 Å². The molecule has 6 heteroatoms. The molecule has 0 spiro atoms. The van der Waals surface area contributed by atoms with Gasteiger partial charge >= 0.3 is 5.97 Å². The molecule has 130 valence electrons. The molecule has 0 aliphatic carbocycles. The molecule has 1 N–H and O–H groups in total. The summed E-state index contributed by atoms with van der Waals surface area (Å²) in [6, 6.07) is 7.89. The van der Waals surface area contributed by atoms with Crippen molar-refractivity contribution in [3.63, 3.8) is 0 Å². The van der Waals surface area contributed by atoms with Gasteiger partial charge in [-0.1, -0.05) is 12.1 Å². The third kappa shape index (κ3) is 3.19. The predicted octanol–water partition coefficient (Wildman–Crippen LogP) is 4.25. The molecule has 4 nitrogen and oxygen atoms in total. The van der Waals surface area contributed by atoms with Crippen LogP contribution in [0.15, 0.2) is 46.3 Å². The maximum absolute atomic E-state index is 12.5. The molecular formula is C19H20N2O2S2. The van der Waals surface area contributed by atoms with Gasteiger partial charge in [-0.15, -0.1) is 0 Å². The number of anilines is 1. The summed E-state index contributed by atoms with van der Waals surface area (Å²) in [5.41, 5.74) is 5.58. The topological polar surface area (TPSA) is 41.6 Å². The molecule has 0 amide bonds. The van der Waals surface area contributed by atoms with Gasteiger partial charge in [0.1, 0.15) is 0 Å². The minimum atomic E-state index is -0.348. The summed E-state index contributed by atoms with van der Waals surface area (Å²) < 4.78 is 5.06. The Kier molecular flexibility index (Phi) is 4.92. The predicted molar refractivity (Wildman–Crippen MR) is 106 cm³/mol. The summed E-state index contributed by atoms with van der Waals surface area (Å²) in [6.45, 7) is 5.99. The van der Waals surface area contributed by atoms with Crippen LogP contribution in [-0.4, -0.2) is 18.2 Å². The van der Waals surface area contributed by atoms with Crippen molar-refractivity contribution in [2.24, 2.45) is 0 Å². The van der Waals surface area contributed by atoms with Crippen LogP contribution in [0.2, 0.25) is 0 Å². The minimum absolute atomic E-state index is 0.299. The number of nitrogens with one attached hydrogen (secondary N) is 1. The summed E-state index contributed by atoms with van der Waals surface area (Å²) >= 11 is 7.23. The van der Waals surface area contributed by atoms with E-state index >= 15 is 0 Å². The number of rotatable bonds is 3. The molecule has 0 unspecified atom stereocenters. The maximum Gasteiger partial charge on any atom is 0.337 e. The van der Waals surface area contributed by atoms with E-state index in [1.165, 1.54) is 7.11 Å². The molecule has 3 rings (SSSR count). The Labute approximate surface area is 157 Å². The molecule has 0 saturated carbocycles. The van der Waals surface area contributed by atoms with Crippen molar-refractivity contribution in [3.8, 4) is 0 Å². The van der Waals surface area contributed by atoms with Crippen LogP contribution in [0.1, 0.15) is 29.7 Å². The van der Waals surface area contributed by atoms with E-state index in [4.69, 9.17) is 17.0 Å². The Balaban J connectivity index is 2.18. The van der Waals surface area contributed by atoms with Crippen LogP contribution in [-0.2, 0) is 9.53 Å². The standard InChI is InChI=1S/C19H20N2O2S2/c1-11-5-6-12(2)15(9-11)21-13(3)16(18(22)23-4)17(20-19(21)24)14-7-8-25-10-14/h5-10,17H,1-4H3,(H,20,24)/t17-/m1/s1. The van der Waals surface area contributed by atoms with Gasteiger partial charge in [-0.05, 0) is 72.6 Å². The Hall–Kier alpha value is -2.18. The highest BCUT2D eigenvalue weighted by Crippen LogP contribution is 2.36. The first kappa shape index (κ1) is 17.6. The number of carbonyl (C=O) groups is 1. The van der Waals surface area contributed by atoms with Crippen molar-refractivity contribution in [2.75, 3.05) is 12.0 Å². The molecule has 1 atom stereocenters. The van der Waals surface area contributed by atoms with E-state index in [0.717, 1.165) is 28.1 Å². The van der Waals surface area contributed by atoms with Crippen LogP contribution in [0.5, 0.6) is 0 Å². The third-order valence-corrected chi connectivity index (χ3v) is 5.37. The van der Waals surface area contributed by atoms with Crippen LogP contribution in [0.25, 0.3) is 0 Å². The van der Waals surface area contributed by atoms with Crippen LogP contribution in [0.3, 0.4) is 0 Å². The van der Waals surface area contributed by atoms with E-state index in [9.17, 15) is 4.79 Å². The zero-order valence-corrected chi connectivity index (χ0v) is 16.3. The SMILES string of the molecule is COC(=O)C1=C(C)N(c2cc(C)ccc2C)C(=S)N[C@@H]1c1ccsc1. The van der Waals surface area contributed by atoms with Crippen LogP contribution in [0, 0.1) is 13.8 Å². The maximum atomic E-state index is 12.5. The van der Waals surface area contributed by atoms with Crippen molar-refractivity contribution in [3.05, 3.63) is 63.0 Å². The van der Waals surface area contributed by atoms with Gasteiger partial charge < -0.3 is 10.1 Å². The van der Waals surface area contributed by atoms with Gasteiger partial charge in [0.25, 0.3) is 0 Å². The summed E-state index contributed by atoms with van der Waals surface area (Å²) in [5, 5.41) is 7.90. The number of nitrogens with zero attached hydrogens (tertiary/aromatic N) is 1. The Morgan fingerprint density at radius 2 is 2.04 bits per heavy atom. The molecule has 25 heavy (non-hydrogen) atoms. The molecule has 1 aliphatic heterocycles. The number of thiophene rings is 1. The molecule has 1 aromatic heterocycles. The van der Waals surface area contributed by atoms with E-state index in [1.807, 2.05) is 42.5 Å². The lowest BCUT2D eigenvalue weighted by atomic mass is 9.96. The smallest absolute Gasteiger partial charge is 0.337 e. The van der Waals surface area contributed by atoms with E-state index < -0.39 is 0 Å². The summed E-state index contributed by atoms with van der Waals surface area (Å²) in [4.78, 5) is 14.5. The van der Waals surface area contributed by atoms with Crippen LogP contribution < -0.4 is 10.2 Å². The molecule has 1 aliphatic rings. The largest absolute Gasteiger partial charge is 0.466 e. The van der Waals surface area contributed by atoms with Crippen molar-refractivity contribution in [2.45, 2.75) is 26.8 Å². The van der Waals surface area contributed by atoms with Crippen LogP contribution >= 0.6 is 23.6 Å². The summed E-state index contributed by atoms with van der Waals surface area (Å²) in [5.74, 6) is -0.348. The third-order valence-electron chi connectivity index (χ3n) is 4.37.